The van der Waals surface area contributed by atoms with E-state index in [0.717, 1.165) is 6.20 Å². The van der Waals surface area contributed by atoms with Gasteiger partial charge in [0.1, 0.15) is 19.3 Å². The fourth-order valence-electron chi connectivity index (χ4n) is 1.62. The van der Waals surface area contributed by atoms with Crippen molar-refractivity contribution < 1.29 is 29.5 Å². The van der Waals surface area contributed by atoms with Crippen LogP contribution in [0.3, 0.4) is 0 Å². The molecule has 0 bridgehead atoms. The molecule has 0 saturated carbocycles. The molecule has 0 spiro atoms. The van der Waals surface area contributed by atoms with Crippen molar-refractivity contribution in [1.29, 1.82) is 0 Å². The Labute approximate surface area is 140 Å². The summed E-state index contributed by atoms with van der Waals surface area (Å²) >= 11 is 0. The number of aryl methyl sites for hydroxylation is 1. The van der Waals surface area contributed by atoms with E-state index in [2.05, 4.69) is 14.7 Å². The summed E-state index contributed by atoms with van der Waals surface area (Å²) in [4.78, 5) is 42.4. The maximum absolute atomic E-state index is 10.8. The van der Waals surface area contributed by atoms with E-state index in [1.54, 1.807) is 6.92 Å². The van der Waals surface area contributed by atoms with Gasteiger partial charge in [-0.25, -0.2) is 9.55 Å². The second-order valence-electron chi connectivity index (χ2n) is 4.12. The smallest absolute Gasteiger partial charge is 0.342 e. The van der Waals surface area contributed by atoms with Crippen LogP contribution in [-0.4, -0.2) is 50.6 Å². The van der Waals surface area contributed by atoms with Gasteiger partial charge in [0.2, 0.25) is 0 Å². The topological polar surface area (TPSA) is 175 Å². The van der Waals surface area contributed by atoms with Crippen LogP contribution in [0.5, 0.6) is 0 Å². The molecule has 0 amide bonds. The molecule has 1 aromatic heterocycles. The summed E-state index contributed by atoms with van der Waals surface area (Å²) in [5.74, 6) is 0.177. The summed E-state index contributed by atoms with van der Waals surface area (Å²) in [5.41, 5.74) is 0. The van der Waals surface area contributed by atoms with Crippen molar-refractivity contribution >= 4 is 18.2 Å². The van der Waals surface area contributed by atoms with Gasteiger partial charge in [0.25, 0.3) is 10.2 Å². The zero-order valence-electron chi connectivity index (χ0n) is 12.3. The van der Waals surface area contributed by atoms with Crippen LogP contribution in [0.15, 0.2) is 6.20 Å². The van der Waals surface area contributed by atoms with E-state index in [9.17, 15) is 30.3 Å². The number of ether oxygens (including phenoxy) is 1. The van der Waals surface area contributed by atoms with Crippen molar-refractivity contribution in [2.45, 2.75) is 19.6 Å². The molecule has 1 rings (SSSR count). The Morgan fingerprint density at radius 2 is 1.88 bits per heavy atom. The maximum atomic E-state index is 10.8. The Hall–Kier alpha value is -2.74. The molecule has 14 nitrogen and oxygen atoms in total. The van der Waals surface area contributed by atoms with E-state index in [-0.39, 0.29) is 38.0 Å². The number of nitro groups is 1. The minimum absolute atomic E-state index is 0. The average Bonchev–Trinajstić information content (AvgIpc) is 2.81. The molecule has 0 radical (unpaired) electrons. The van der Waals surface area contributed by atoms with Gasteiger partial charge < -0.3 is 24.5 Å². The third kappa shape index (κ3) is 7.01. The molecule has 0 aliphatic heterocycles. The van der Waals surface area contributed by atoms with Gasteiger partial charge in [-0.1, -0.05) is 0 Å². The van der Waals surface area contributed by atoms with Gasteiger partial charge in [0, 0.05) is 6.92 Å². The fourth-order valence-corrected chi connectivity index (χ4v) is 1.62. The largest absolute Gasteiger partial charge is 0.375 e. The molecule has 0 aliphatic carbocycles. The number of aromatic nitrogens is 2. The first-order valence-corrected chi connectivity index (χ1v) is 6.14. The van der Waals surface area contributed by atoms with Crippen LogP contribution < -0.4 is 0 Å². The Morgan fingerprint density at radius 1 is 1.21 bits per heavy atom. The van der Waals surface area contributed by atoms with Crippen LogP contribution in [0.25, 0.3) is 0 Å². The minimum atomic E-state index is -1.30. The summed E-state index contributed by atoms with van der Waals surface area (Å²) < 4.78 is 6.38. The lowest BCUT2D eigenvalue weighted by atomic mass is 10.4. The molecule has 1 aromatic rings. The van der Waals surface area contributed by atoms with Gasteiger partial charge in [-0.15, -0.1) is 32.6 Å². The normalized spacial score (nSPS) is 11.2. The molecule has 136 valence electrons. The van der Waals surface area contributed by atoms with Crippen molar-refractivity contribution in [3.8, 4) is 0 Å². The van der Waals surface area contributed by atoms with Crippen molar-refractivity contribution in [1.82, 2.24) is 9.55 Å². The molecule has 0 saturated heterocycles. The first-order chi connectivity index (χ1) is 10.8. The van der Waals surface area contributed by atoms with E-state index in [4.69, 9.17) is 4.74 Å². The van der Waals surface area contributed by atoms with Crippen LogP contribution >= 0.6 is 12.4 Å². The second kappa shape index (κ2) is 10.1. The van der Waals surface area contributed by atoms with Crippen LogP contribution in [0, 0.1) is 37.3 Å². The summed E-state index contributed by atoms with van der Waals surface area (Å²) in [6.45, 7) is 0.544. The van der Waals surface area contributed by atoms with Gasteiger partial charge in [0.05, 0.1) is 13.2 Å². The summed E-state index contributed by atoms with van der Waals surface area (Å²) in [5, 5.41) is 28.8. The van der Waals surface area contributed by atoms with Gasteiger partial charge in [-0.2, -0.15) is 0 Å². The van der Waals surface area contributed by atoms with Gasteiger partial charge >= 0.3 is 5.82 Å². The van der Waals surface area contributed by atoms with E-state index in [0.29, 0.717) is 5.82 Å². The zero-order chi connectivity index (χ0) is 17.4. The summed E-state index contributed by atoms with van der Waals surface area (Å²) in [6.07, 6.45) is -0.201. The molecule has 0 aliphatic rings. The molecule has 24 heavy (non-hydrogen) atoms. The molecule has 0 N–H and O–H groups in total. The first-order valence-electron chi connectivity index (χ1n) is 6.14. The quantitative estimate of drug-likeness (QED) is 0.299. The second-order valence-corrected chi connectivity index (χ2v) is 4.12. The molecular weight excluding hydrogens is 358 g/mol. The standard InChI is InChI=1S/C9H13N5O9.ClH/c1-7-10-4-9(12(15)16)11(7)2-3-21-5-8(23-14(19)20)6-22-13(17)18;/h4,8H,2-3,5-6H2,1H3;1H. The predicted octanol–water partition coefficient (Wildman–Crippen LogP) is 0.323. The van der Waals surface area contributed by atoms with Crippen molar-refractivity contribution in [3.63, 3.8) is 0 Å². The van der Waals surface area contributed by atoms with E-state index < -0.39 is 27.8 Å². The lowest BCUT2D eigenvalue weighted by molar-refractivity contribution is -0.790. The van der Waals surface area contributed by atoms with Gasteiger partial charge in [0.15, 0.2) is 11.9 Å². The van der Waals surface area contributed by atoms with E-state index >= 15 is 0 Å². The van der Waals surface area contributed by atoms with Gasteiger partial charge in [-0.05, 0) is 4.92 Å². The first kappa shape index (κ1) is 21.3. The number of hydrogen-bond acceptors (Lipinski definition) is 10. The molecular formula is C9H14ClN5O9. The summed E-state index contributed by atoms with van der Waals surface area (Å²) in [7, 11) is 0. The highest BCUT2D eigenvalue weighted by Crippen LogP contribution is 2.13. The number of rotatable bonds is 11. The van der Waals surface area contributed by atoms with E-state index in [1.807, 2.05) is 0 Å². The molecule has 0 fully saturated rings. The van der Waals surface area contributed by atoms with E-state index in [1.165, 1.54) is 4.57 Å². The monoisotopic (exact) mass is 371 g/mol. The van der Waals surface area contributed by atoms with Crippen molar-refractivity contribution in [3.05, 3.63) is 42.4 Å². The third-order valence-electron chi connectivity index (χ3n) is 2.59. The lowest BCUT2D eigenvalue weighted by Crippen LogP contribution is -2.29. The molecule has 0 aromatic carbocycles. The molecule has 1 heterocycles. The summed E-state index contributed by atoms with van der Waals surface area (Å²) in [6, 6.07) is 0. The number of nitrogens with zero attached hydrogens (tertiary/aromatic N) is 5. The maximum Gasteiger partial charge on any atom is 0.342 e. The van der Waals surface area contributed by atoms with Crippen LogP contribution in [-0.2, 0) is 21.0 Å². The molecule has 15 heteroatoms. The predicted molar refractivity (Wildman–Crippen MR) is 76.5 cm³/mol. The highest BCUT2D eigenvalue weighted by Gasteiger charge is 2.19. The lowest BCUT2D eigenvalue weighted by Gasteiger charge is -2.13. The van der Waals surface area contributed by atoms with Gasteiger partial charge in [-0.3, -0.25) is 0 Å². The zero-order valence-corrected chi connectivity index (χ0v) is 13.1. The van der Waals surface area contributed by atoms with Crippen molar-refractivity contribution in [2.75, 3.05) is 19.8 Å². The number of hydrogen-bond donors (Lipinski definition) is 0. The SMILES string of the molecule is Cc1ncc([N+](=O)[O-])n1CCOCC(CO[N+](=O)[O-])O[N+](=O)[O-].Cl. The number of halogens is 1. The van der Waals surface area contributed by atoms with Crippen LogP contribution in [0.4, 0.5) is 5.82 Å². The molecule has 1 atom stereocenters. The molecule has 1 unspecified atom stereocenters. The Morgan fingerprint density at radius 3 is 2.42 bits per heavy atom. The minimum Gasteiger partial charge on any atom is -0.375 e. The Balaban J connectivity index is 0.00000529. The van der Waals surface area contributed by atoms with Crippen LogP contribution in [0.2, 0.25) is 0 Å². The van der Waals surface area contributed by atoms with Crippen LogP contribution in [0.1, 0.15) is 5.82 Å². The fraction of sp³-hybridized carbons (Fsp3) is 0.667. The average molecular weight is 372 g/mol. The third-order valence-corrected chi connectivity index (χ3v) is 2.59. The Kier molecular flexibility index (Phi) is 8.96. The number of imidazole rings is 1. The highest BCUT2D eigenvalue weighted by atomic mass is 35.5. The highest BCUT2D eigenvalue weighted by molar-refractivity contribution is 5.85. The Bertz CT molecular complexity index is 580. The van der Waals surface area contributed by atoms with Crippen molar-refractivity contribution in [2.24, 2.45) is 0 Å².